The van der Waals surface area contributed by atoms with Crippen molar-refractivity contribution in [2.24, 2.45) is 0 Å². The van der Waals surface area contributed by atoms with Crippen molar-refractivity contribution in [3.63, 3.8) is 0 Å². The van der Waals surface area contributed by atoms with Crippen molar-refractivity contribution >= 4 is 34.2 Å². The van der Waals surface area contributed by atoms with E-state index in [0.717, 1.165) is 5.00 Å². The Labute approximate surface area is 68.9 Å². The largest absolute Gasteiger partial charge is 0.298 e. The van der Waals surface area contributed by atoms with Gasteiger partial charge in [0, 0.05) is 7.05 Å². The fraction of sp³-hybridized carbons (Fsp3) is 0.167. The molecular weight excluding hydrogens is 166 g/mol. The van der Waals surface area contributed by atoms with Crippen molar-refractivity contribution in [2.75, 3.05) is 11.9 Å². The van der Waals surface area contributed by atoms with Crippen LogP contribution in [0.1, 0.15) is 0 Å². The number of rotatable bonds is 1. The molecule has 0 bridgehead atoms. The second kappa shape index (κ2) is 3.07. The summed E-state index contributed by atoms with van der Waals surface area (Å²) in [5, 5.41) is 2.60. The van der Waals surface area contributed by atoms with Crippen LogP contribution >= 0.6 is 24.0 Å². The summed E-state index contributed by atoms with van der Waals surface area (Å²) in [5.74, 6) is 0. The molecule has 0 radical (unpaired) electrons. The maximum absolute atomic E-state index is 10.6. The van der Waals surface area contributed by atoms with E-state index < -0.39 is 0 Å². The Balaban J connectivity index is 2.77. The Bertz CT molecular complexity index is 220. The van der Waals surface area contributed by atoms with E-state index in [1.165, 1.54) is 16.2 Å². The maximum atomic E-state index is 10.6. The Hall–Kier alpha value is -0.480. The highest BCUT2D eigenvalue weighted by Gasteiger charge is 2.05. The highest BCUT2D eigenvalue weighted by molar-refractivity contribution is 7.97. The number of thiophene rings is 1. The third-order valence-corrected chi connectivity index (χ3v) is 2.37. The Kier molecular flexibility index (Phi) is 2.34. The number of nitrogens with zero attached hydrogens (tertiary/aromatic N) is 1. The highest BCUT2D eigenvalue weighted by Crippen LogP contribution is 2.20. The summed E-state index contributed by atoms with van der Waals surface area (Å²) in [7, 11) is 1.70. The van der Waals surface area contributed by atoms with Gasteiger partial charge >= 0.3 is 0 Å². The van der Waals surface area contributed by atoms with Crippen LogP contribution in [0.2, 0.25) is 0 Å². The second-order valence-electron chi connectivity index (χ2n) is 1.79. The lowest BCUT2D eigenvalue weighted by molar-refractivity contribution is 0.266. The highest BCUT2D eigenvalue weighted by atomic mass is 32.1. The smallest absolute Gasteiger partial charge is 0.283 e. The quantitative estimate of drug-likeness (QED) is 0.646. The lowest BCUT2D eigenvalue weighted by atomic mass is 10.6. The number of carbonyl (C=O) groups excluding carboxylic acids is 1. The number of anilines is 1. The topological polar surface area (TPSA) is 20.3 Å². The SMILES string of the molecule is CN(C(=O)S)c1cccs1. The third-order valence-electron chi connectivity index (χ3n) is 1.12. The van der Waals surface area contributed by atoms with Gasteiger partial charge < -0.3 is 0 Å². The molecule has 1 heterocycles. The molecule has 0 fully saturated rings. The maximum Gasteiger partial charge on any atom is 0.283 e. The minimum atomic E-state index is -0.234. The summed E-state index contributed by atoms with van der Waals surface area (Å²) in [6.45, 7) is 0. The van der Waals surface area contributed by atoms with Crippen molar-refractivity contribution < 1.29 is 4.79 Å². The van der Waals surface area contributed by atoms with E-state index in [1.54, 1.807) is 7.05 Å². The molecule has 4 heteroatoms. The van der Waals surface area contributed by atoms with Gasteiger partial charge in [0.2, 0.25) is 0 Å². The predicted molar refractivity (Wildman–Crippen MR) is 47.1 cm³/mol. The summed E-state index contributed by atoms with van der Waals surface area (Å²) in [6, 6.07) is 3.77. The number of hydrogen-bond acceptors (Lipinski definition) is 2. The van der Waals surface area contributed by atoms with E-state index in [0.29, 0.717) is 0 Å². The first-order chi connectivity index (χ1) is 4.72. The van der Waals surface area contributed by atoms with Crippen LogP contribution in [0.15, 0.2) is 17.5 Å². The van der Waals surface area contributed by atoms with Crippen LogP contribution in [0, 0.1) is 0 Å². The summed E-state index contributed by atoms with van der Waals surface area (Å²) in [4.78, 5) is 12.1. The van der Waals surface area contributed by atoms with Crippen LogP contribution in [0.3, 0.4) is 0 Å². The molecule has 0 atom stereocenters. The summed E-state index contributed by atoms with van der Waals surface area (Å²) < 4.78 is 0. The molecule has 54 valence electrons. The van der Waals surface area contributed by atoms with Crippen LogP contribution < -0.4 is 4.90 Å². The minimum Gasteiger partial charge on any atom is -0.298 e. The van der Waals surface area contributed by atoms with Gasteiger partial charge in [0.25, 0.3) is 5.24 Å². The van der Waals surface area contributed by atoms with E-state index in [-0.39, 0.29) is 5.24 Å². The van der Waals surface area contributed by atoms with Crippen LogP contribution in [0.5, 0.6) is 0 Å². The molecular formula is C6H7NOS2. The molecule has 1 amide bonds. The van der Waals surface area contributed by atoms with Gasteiger partial charge in [-0.15, -0.1) is 11.3 Å². The fourth-order valence-electron chi connectivity index (χ4n) is 0.555. The number of hydrogen-bond donors (Lipinski definition) is 1. The molecule has 0 spiro atoms. The van der Waals surface area contributed by atoms with Crippen molar-refractivity contribution in [3.8, 4) is 0 Å². The predicted octanol–water partition coefficient (Wildman–Crippen LogP) is 2.23. The molecule has 1 aromatic rings. The average Bonchev–Trinajstić information content (AvgIpc) is 2.36. The van der Waals surface area contributed by atoms with Gasteiger partial charge in [-0.1, -0.05) is 12.6 Å². The zero-order valence-electron chi connectivity index (χ0n) is 5.44. The van der Waals surface area contributed by atoms with Gasteiger partial charge in [0.15, 0.2) is 0 Å². The molecule has 0 aliphatic heterocycles. The van der Waals surface area contributed by atoms with E-state index >= 15 is 0 Å². The normalized spacial score (nSPS) is 9.40. The molecule has 0 aliphatic rings. The lowest BCUT2D eigenvalue weighted by Gasteiger charge is -2.09. The fourth-order valence-corrected chi connectivity index (χ4v) is 1.43. The molecule has 0 aromatic carbocycles. The van der Waals surface area contributed by atoms with E-state index in [2.05, 4.69) is 12.6 Å². The van der Waals surface area contributed by atoms with E-state index in [1.807, 2.05) is 17.5 Å². The third kappa shape index (κ3) is 1.52. The molecule has 0 saturated heterocycles. The second-order valence-corrected chi connectivity index (χ2v) is 3.10. The molecule has 0 unspecified atom stereocenters. The summed E-state index contributed by atoms with van der Waals surface area (Å²) >= 11 is 5.19. The molecule has 2 nitrogen and oxygen atoms in total. The Morgan fingerprint density at radius 3 is 2.90 bits per heavy atom. The van der Waals surface area contributed by atoms with Crippen molar-refractivity contribution in [1.29, 1.82) is 0 Å². The molecule has 0 saturated carbocycles. The van der Waals surface area contributed by atoms with Crippen molar-refractivity contribution in [2.45, 2.75) is 0 Å². The molecule has 0 N–H and O–H groups in total. The molecule has 0 aliphatic carbocycles. The Morgan fingerprint density at radius 1 is 1.80 bits per heavy atom. The van der Waals surface area contributed by atoms with Crippen LogP contribution in [0.25, 0.3) is 0 Å². The number of carbonyl (C=O) groups is 1. The van der Waals surface area contributed by atoms with Crippen molar-refractivity contribution in [1.82, 2.24) is 0 Å². The van der Waals surface area contributed by atoms with Gasteiger partial charge in [0.1, 0.15) is 0 Å². The standard InChI is InChI=1S/C6H7NOS2/c1-7(6(8)9)5-3-2-4-10-5/h2-4H,1H3,(H,8,9). The van der Waals surface area contributed by atoms with Gasteiger partial charge in [-0.05, 0) is 17.5 Å². The van der Waals surface area contributed by atoms with Crippen LogP contribution in [-0.2, 0) is 0 Å². The first kappa shape index (κ1) is 7.63. The number of thiol groups is 1. The van der Waals surface area contributed by atoms with E-state index in [4.69, 9.17) is 0 Å². The van der Waals surface area contributed by atoms with Gasteiger partial charge in [-0.25, -0.2) is 0 Å². The summed E-state index contributed by atoms with van der Waals surface area (Å²) in [6.07, 6.45) is 0. The minimum absolute atomic E-state index is 0.234. The van der Waals surface area contributed by atoms with Gasteiger partial charge in [-0.2, -0.15) is 0 Å². The number of amides is 1. The molecule has 1 aromatic heterocycles. The lowest BCUT2D eigenvalue weighted by Crippen LogP contribution is -2.17. The van der Waals surface area contributed by atoms with Crippen molar-refractivity contribution in [3.05, 3.63) is 17.5 Å². The Morgan fingerprint density at radius 2 is 2.50 bits per heavy atom. The van der Waals surface area contributed by atoms with Crippen LogP contribution in [-0.4, -0.2) is 12.3 Å². The van der Waals surface area contributed by atoms with Crippen LogP contribution in [0.4, 0.5) is 9.80 Å². The molecule has 10 heavy (non-hydrogen) atoms. The first-order valence-electron chi connectivity index (χ1n) is 2.72. The van der Waals surface area contributed by atoms with E-state index in [9.17, 15) is 4.79 Å². The first-order valence-corrected chi connectivity index (χ1v) is 4.04. The zero-order chi connectivity index (χ0) is 7.56. The van der Waals surface area contributed by atoms with Gasteiger partial charge in [-0.3, -0.25) is 9.69 Å². The molecule has 1 rings (SSSR count). The average molecular weight is 173 g/mol. The summed E-state index contributed by atoms with van der Waals surface area (Å²) in [5.41, 5.74) is 0. The van der Waals surface area contributed by atoms with Gasteiger partial charge in [0.05, 0.1) is 5.00 Å². The zero-order valence-corrected chi connectivity index (χ0v) is 7.15. The monoisotopic (exact) mass is 173 g/mol.